The zero-order valence-corrected chi connectivity index (χ0v) is 14.3. The number of fused-ring (bicyclic) bond motifs is 1. The van der Waals surface area contributed by atoms with Crippen molar-refractivity contribution >= 4 is 33.4 Å². The van der Waals surface area contributed by atoms with E-state index in [0.717, 1.165) is 11.3 Å². The number of amides is 1. The van der Waals surface area contributed by atoms with Crippen LogP contribution in [0.3, 0.4) is 0 Å². The maximum Gasteiger partial charge on any atom is 0.261 e. The molecular weight excluding hydrogens is 342 g/mol. The number of nitrogens with one attached hydrogen (secondary N) is 1. The Morgan fingerprint density at radius 3 is 2.56 bits per heavy atom. The maximum absolute atomic E-state index is 12.5. The molecule has 8 heteroatoms. The number of rotatable bonds is 5. The first-order valence-electron chi connectivity index (χ1n) is 7.45. The fourth-order valence-electron chi connectivity index (χ4n) is 2.54. The molecule has 25 heavy (non-hydrogen) atoms. The molecule has 3 N–H and O–H groups in total. The van der Waals surface area contributed by atoms with Crippen LogP contribution in [0.15, 0.2) is 53.4 Å². The zero-order chi connectivity index (χ0) is 18.0. The second kappa shape index (κ2) is 6.58. The summed E-state index contributed by atoms with van der Waals surface area (Å²) in [6, 6.07) is 10.6. The lowest BCUT2D eigenvalue weighted by Crippen LogP contribution is -2.24. The van der Waals surface area contributed by atoms with Gasteiger partial charge in [0.2, 0.25) is 5.91 Å². The average Bonchev–Trinajstić information content (AvgIpc) is 2.60. The number of carbonyl (C=O) groups is 1. The monoisotopic (exact) mass is 359 g/mol. The highest BCUT2D eigenvalue weighted by Gasteiger charge is 2.17. The maximum atomic E-state index is 12.5. The Bertz CT molecular complexity index is 937. The summed E-state index contributed by atoms with van der Waals surface area (Å²) in [5.74, 6) is -0.610. The molecule has 0 radical (unpaired) electrons. The quantitative estimate of drug-likeness (QED) is 0.850. The van der Waals surface area contributed by atoms with Gasteiger partial charge in [-0.25, -0.2) is 8.42 Å². The first-order chi connectivity index (χ1) is 11.9. The fourth-order valence-corrected chi connectivity index (χ4v) is 3.59. The van der Waals surface area contributed by atoms with Gasteiger partial charge >= 0.3 is 0 Å². The summed E-state index contributed by atoms with van der Waals surface area (Å²) in [7, 11) is -2.19. The molecule has 0 bridgehead atoms. The summed E-state index contributed by atoms with van der Waals surface area (Å²) in [4.78, 5) is 16.4. The molecule has 2 aromatic carbocycles. The third-order valence-corrected chi connectivity index (χ3v) is 5.18. The second-order valence-corrected chi connectivity index (χ2v) is 7.10. The molecule has 0 saturated heterocycles. The van der Waals surface area contributed by atoms with Crippen LogP contribution in [0.5, 0.6) is 0 Å². The van der Waals surface area contributed by atoms with Crippen molar-refractivity contribution in [3.05, 3.63) is 59.7 Å². The van der Waals surface area contributed by atoms with E-state index in [0.29, 0.717) is 12.2 Å². The first kappa shape index (κ1) is 17.0. The molecule has 7 nitrogen and oxygen atoms in total. The predicted molar refractivity (Wildman–Crippen MR) is 95.6 cm³/mol. The first-order valence-corrected chi connectivity index (χ1v) is 8.94. The van der Waals surface area contributed by atoms with Gasteiger partial charge in [0.15, 0.2) is 0 Å². The van der Waals surface area contributed by atoms with Crippen molar-refractivity contribution in [2.45, 2.75) is 4.90 Å². The van der Waals surface area contributed by atoms with Crippen molar-refractivity contribution in [1.29, 1.82) is 0 Å². The van der Waals surface area contributed by atoms with Crippen molar-refractivity contribution in [2.75, 3.05) is 23.4 Å². The number of anilines is 2. The summed E-state index contributed by atoms with van der Waals surface area (Å²) in [6.07, 6.45) is 3.83. The van der Waals surface area contributed by atoms with Gasteiger partial charge in [-0.15, -0.1) is 0 Å². The number of nitrogens with zero attached hydrogens (tertiary/aromatic N) is 1. The molecule has 1 heterocycles. The minimum absolute atomic E-state index is 0.0456. The molecule has 1 aliphatic rings. The van der Waals surface area contributed by atoms with Crippen LogP contribution in [0.1, 0.15) is 15.9 Å². The van der Waals surface area contributed by atoms with E-state index in [4.69, 9.17) is 10.6 Å². The van der Waals surface area contributed by atoms with Crippen molar-refractivity contribution in [2.24, 2.45) is 5.73 Å². The van der Waals surface area contributed by atoms with E-state index in [1.807, 2.05) is 12.2 Å². The molecule has 0 saturated carbocycles. The van der Waals surface area contributed by atoms with E-state index in [1.165, 1.54) is 24.3 Å². The molecule has 1 amide bonds. The molecule has 0 aliphatic carbocycles. The summed E-state index contributed by atoms with van der Waals surface area (Å²) >= 11 is 0. The smallest absolute Gasteiger partial charge is 0.261 e. The van der Waals surface area contributed by atoms with E-state index < -0.39 is 15.9 Å². The van der Waals surface area contributed by atoms with Crippen LogP contribution in [-0.4, -0.2) is 28.0 Å². The van der Waals surface area contributed by atoms with E-state index in [2.05, 4.69) is 4.72 Å². The van der Waals surface area contributed by atoms with Crippen LogP contribution < -0.4 is 15.5 Å². The van der Waals surface area contributed by atoms with Crippen LogP contribution in [0.4, 0.5) is 11.4 Å². The van der Waals surface area contributed by atoms with E-state index in [-0.39, 0.29) is 10.5 Å². The van der Waals surface area contributed by atoms with Crippen molar-refractivity contribution < 1.29 is 18.0 Å². The van der Waals surface area contributed by atoms with Gasteiger partial charge in [-0.05, 0) is 42.5 Å². The molecular formula is C17H17N3O4S. The van der Waals surface area contributed by atoms with E-state index in [9.17, 15) is 13.2 Å². The number of hydrogen-bond donors (Lipinski definition) is 2. The normalized spacial score (nSPS) is 13.4. The molecule has 0 atom stereocenters. The number of hydrogen-bond acceptors (Lipinski definition) is 5. The van der Waals surface area contributed by atoms with Gasteiger partial charge < -0.3 is 5.73 Å². The molecule has 2 aromatic rings. The lowest BCUT2D eigenvalue weighted by molar-refractivity contribution is 0.1000. The van der Waals surface area contributed by atoms with Crippen molar-refractivity contribution in [3.63, 3.8) is 0 Å². The van der Waals surface area contributed by atoms with Crippen LogP contribution in [0.2, 0.25) is 0 Å². The Labute approximate surface area is 145 Å². The summed E-state index contributed by atoms with van der Waals surface area (Å²) < 4.78 is 27.5. The Kier molecular flexibility index (Phi) is 4.47. The molecule has 0 aromatic heterocycles. The minimum Gasteiger partial charge on any atom is -0.366 e. The summed E-state index contributed by atoms with van der Waals surface area (Å²) in [5.41, 5.74) is 7.54. The molecule has 1 aliphatic heterocycles. The number of sulfonamides is 1. The van der Waals surface area contributed by atoms with Gasteiger partial charge in [0.1, 0.15) is 0 Å². The van der Waals surface area contributed by atoms with Gasteiger partial charge in [-0.3, -0.25) is 19.4 Å². The molecule has 3 rings (SSSR count). The Morgan fingerprint density at radius 2 is 1.92 bits per heavy atom. The van der Waals surface area contributed by atoms with Gasteiger partial charge in [-0.1, -0.05) is 12.2 Å². The topological polar surface area (TPSA) is 102 Å². The third-order valence-electron chi connectivity index (χ3n) is 3.79. The van der Waals surface area contributed by atoms with Crippen LogP contribution in [0, 0.1) is 0 Å². The second-order valence-electron chi connectivity index (χ2n) is 5.41. The minimum atomic E-state index is -3.77. The fraction of sp³-hybridized carbons (Fsp3) is 0.118. The number of benzene rings is 2. The van der Waals surface area contributed by atoms with Gasteiger partial charge in [0, 0.05) is 16.8 Å². The number of carbonyl (C=O) groups excluding carboxylic acids is 1. The average molecular weight is 359 g/mol. The molecule has 0 spiro atoms. The summed E-state index contributed by atoms with van der Waals surface area (Å²) in [6.45, 7) is 0.626. The van der Waals surface area contributed by atoms with E-state index >= 15 is 0 Å². The Hall–Kier alpha value is -2.84. The number of primary amides is 1. The Morgan fingerprint density at radius 1 is 1.20 bits per heavy atom. The van der Waals surface area contributed by atoms with E-state index in [1.54, 1.807) is 30.4 Å². The highest BCUT2D eigenvalue weighted by molar-refractivity contribution is 7.92. The largest absolute Gasteiger partial charge is 0.366 e. The highest BCUT2D eigenvalue weighted by atomic mass is 32.2. The summed E-state index contributed by atoms with van der Waals surface area (Å²) in [5, 5.41) is 1.70. The lowest BCUT2D eigenvalue weighted by atomic mass is 10.1. The molecule has 130 valence electrons. The third kappa shape index (κ3) is 3.49. The van der Waals surface area contributed by atoms with Crippen LogP contribution in [-0.2, 0) is 14.9 Å². The van der Waals surface area contributed by atoms with Gasteiger partial charge in [0.05, 0.1) is 24.2 Å². The number of nitrogens with two attached hydrogens (primary N) is 1. The highest BCUT2D eigenvalue weighted by Crippen LogP contribution is 2.29. The van der Waals surface area contributed by atoms with Crippen molar-refractivity contribution in [3.8, 4) is 0 Å². The number of hydroxylamine groups is 1. The van der Waals surface area contributed by atoms with Gasteiger partial charge in [-0.2, -0.15) is 0 Å². The Balaban J connectivity index is 1.86. The van der Waals surface area contributed by atoms with Crippen LogP contribution in [0.25, 0.3) is 6.08 Å². The predicted octanol–water partition coefficient (Wildman–Crippen LogP) is 1.98. The van der Waals surface area contributed by atoms with Crippen LogP contribution >= 0.6 is 0 Å². The standard InChI is InChI=1S/C17H17N3O4S/c1-24-20-10-2-3-13-11-14(6-9-16(13)20)19-25(22,23)15-7-4-12(5-8-15)17(18)21/h2-9,11,19H,10H2,1H3,(H2,18,21). The zero-order valence-electron chi connectivity index (χ0n) is 13.5. The van der Waals surface area contributed by atoms with Crippen molar-refractivity contribution in [1.82, 2.24) is 0 Å². The lowest BCUT2D eigenvalue weighted by Gasteiger charge is -2.25. The van der Waals surface area contributed by atoms with Gasteiger partial charge in [0.25, 0.3) is 10.0 Å². The SMILES string of the molecule is CON1CC=Cc2cc(NS(=O)(=O)c3ccc(C(N)=O)cc3)ccc21. The molecule has 0 fully saturated rings. The molecule has 0 unspecified atom stereocenters.